The summed E-state index contributed by atoms with van der Waals surface area (Å²) in [4.78, 5) is 11.1. The molecule has 1 aromatic carbocycles. The Balaban J connectivity index is 0.00000288. The molecule has 0 atom stereocenters. The lowest BCUT2D eigenvalue weighted by Crippen LogP contribution is -2.39. The molecule has 0 saturated carbocycles. The molecule has 132 valence electrons. The number of thiazole rings is 1. The molecule has 1 N–H and O–H groups in total. The number of halogens is 1. The lowest BCUT2D eigenvalue weighted by atomic mass is 10.1. The van der Waals surface area contributed by atoms with Gasteiger partial charge in [-0.05, 0) is 18.9 Å². The van der Waals surface area contributed by atoms with Crippen molar-refractivity contribution >= 4 is 41.3 Å². The van der Waals surface area contributed by atoms with Gasteiger partial charge in [0.15, 0.2) is 5.96 Å². The maximum Gasteiger partial charge on any atom is 0.193 e. The number of hydrogen-bond acceptors (Lipinski definition) is 3. The summed E-state index contributed by atoms with van der Waals surface area (Å²) in [6, 6.07) is 8.63. The largest absolute Gasteiger partial charge is 0.356 e. The summed E-state index contributed by atoms with van der Waals surface area (Å²) in [5, 5.41) is 6.78. The first-order valence-corrected chi connectivity index (χ1v) is 8.91. The number of rotatable bonds is 6. The fourth-order valence-corrected chi connectivity index (χ4v) is 3.13. The third-order valence-corrected chi connectivity index (χ3v) is 4.72. The van der Waals surface area contributed by atoms with Crippen LogP contribution in [0.3, 0.4) is 0 Å². The standard InChI is InChI=1S/C18H26N4S.HI/c1-5-17-21-16(13-23-17)10-11-20-18(19-3)22(4)12-15-8-6-14(2)7-9-15;/h6-9,13H,5,10-12H2,1-4H3,(H,19,20);1H. The molecular weight excluding hydrogens is 431 g/mol. The fraction of sp³-hybridized carbons (Fsp3) is 0.444. The van der Waals surface area contributed by atoms with Crippen LogP contribution >= 0.6 is 35.3 Å². The van der Waals surface area contributed by atoms with Gasteiger partial charge in [0.1, 0.15) is 0 Å². The minimum atomic E-state index is 0. The molecule has 2 aromatic rings. The highest BCUT2D eigenvalue weighted by molar-refractivity contribution is 14.0. The first-order valence-electron chi connectivity index (χ1n) is 8.03. The zero-order valence-corrected chi connectivity index (χ0v) is 18.0. The van der Waals surface area contributed by atoms with Crippen molar-refractivity contribution in [1.82, 2.24) is 15.2 Å². The van der Waals surface area contributed by atoms with E-state index in [1.165, 1.54) is 16.1 Å². The number of aryl methyl sites for hydroxylation is 2. The van der Waals surface area contributed by atoms with E-state index in [9.17, 15) is 0 Å². The molecule has 0 aliphatic carbocycles. The number of guanidine groups is 1. The highest BCUT2D eigenvalue weighted by Gasteiger charge is 2.07. The summed E-state index contributed by atoms with van der Waals surface area (Å²) in [7, 11) is 3.89. The first kappa shape index (κ1) is 20.9. The molecule has 2 rings (SSSR count). The summed E-state index contributed by atoms with van der Waals surface area (Å²) in [6.45, 7) is 5.94. The molecular formula is C18H27IN4S. The van der Waals surface area contributed by atoms with Crippen molar-refractivity contribution in [2.24, 2.45) is 4.99 Å². The lowest BCUT2D eigenvalue weighted by molar-refractivity contribution is 0.477. The summed E-state index contributed by atoms with van der Waals surface area (Å²) in [5.74, 6) is 0.913. The van der Waals surface area contributed by atoms with Gasteiger partial charge in [-0.2, -0.15) is 0 Å². The molecule has 0 saturated heterocycles. The molecule has 0 radical (unpaired) electrons. The average molecular weight is 458 g/mol. The van der Waals surface area contributed by atoms with Crippen molar-refractivity contribution in [1.29, 1.82) is 0 Å². The Kier molecular flexibility index (Phi) is 9.28. The zero-order chi connectivity index (χ0) is 16.7. The summed E-state index contributed by atoms with van der Waals surface area (Å²) in [6.07, 6.45) is 1.94. The second kappa shape index (κ2) is 10.7. The predicted molar refractivity (Wildman–Crippen MR) is 115 cm³/mol. The molecule has 0 fully saturated rings. The van der Waals surface area contributed by atoms with E-state index in [0.29, 0.717) is 0 Å². The van der Waals surface area contributed by atoms with Crippen LogP contribution in [0.15, 0.2) is 34.6 Å². The van der Waals surface area contributed by atoms with E-state index in [1.807, 2.05) is 7.05 Å². The molecule has 1 aromatic heterocycles. The Labute approximate surface area is 166 Å². The number of aliphatic imine (C=N–C) groups is 1. The number of hydrogen-bond donors (Lipinski definition) is 1. The van der Waals surface area contributed by atoms with E-state index in [1.54, 1.807) is 11.3 Å². The minimum Gasteiger partial charge on any atom is -0.356 e. The maximum absolute atomic E-state index is 4.60. The van der Waals surface area contributed by atoms with Gasteiger partial charge in [0, 0.05) is 39.0 Å². The third-order valence-electron chi connectivity index (χ3n) is 3.68. The van der Waals surface area contributed by atoms with E-state index < -0.39 is 0 Å². The van der Waals surface area contributed by atoms with Gasteiger partial charge in [-0.3, -0.25) is 4.99 Å². The molecule has 4 nitrogen and oxygen atoms in total. The van der Waals surface area contributed by atoms with Crippen LogP contribution in [-0.2, 0) is 19.4 Å². The minimum absolute atomic E-state index is 0. The van der Waals surface area contributed by atoms with Crippen molar-refractivity contribution in [2.45, 2.75) is 33.2 Å². The highest BCUT2D eigenvalue weighted by atomic mass is 127. The predicted octanol–water partition coefficient (Wildman–Crippen LogP) is 3.88. The molecule has 1 heterocycles. The first-order chi connectivity index (χ1) is 11.1. The van der Waals surface area contributed by atoms with Crippen LogP contribution in [0.25, 0.3) is 0 Å². The molecule has 0 unspecified atom stereocenters. The molecule has 0 aliphatic heterocycles. The van der Waals surface area contributed by atoms with Crippen molar-refractivity contribution in [2.75, 3.05) is 20.6 Å². The average Bonchev–Trinajstić information content (AvgIpc) is 3.01. The third kappa shape index (κ3) is 6.39. The van der Waals surface area contributed by atoms with E-state index in [4.69, 9.17) is 0 Å². The number of nitrogens with one attached hydrogen (secondary N) is 1. The Morgan fingerprint density at radius 1 is 1.29 bits per heavy atom. The lowest BCUT2D eigenvalue weighted by Gasteiger charge is -2.22. The number of benzene rings is 1. The van der Waals surface area contributed by atoms with E-state index >= 15 is 0 Å². The van der Waals surface area contributed by atoms with E-state index in [-0.39, 0.29) is 24.0 Å². The molecule has 0 amide bonds. The van der Waals surface area contributed by atoms with Crippen molar-refractivity contribution < 1.29 is 0 Å². The molecule has 0 spiro atoms. The second-order valence-corrected chi connectivity index (χ2v) is 6.59. The van der Waals surface area contributed by atoms with Crippen molar-refractivity contribution in [3.05, 3.63) is 51.5 Å². The summed E-state index contributed by atoms with van der Waals surface area (Å²) >= 11 is 1.74. The molecule has 6 heteroatoms. The van der Waals surface area contributed by atoms with E-state index in [0.717, 1.165) is 37.6 Å². The molecule has 0 bridgehead atoms. The number of nitrogens with zero attached hydrogens (tertiary/aromatic N) is 3. The SMILES string of the molecule is CCc1nc(CCNC(=NC)N(C)Cc2ccc(C)cc2)cs1.I. The quantitative estimate of drug-likeness (QED) is 0.406. The van der Waals surface area contributed by atoms with Gasteiger partial charge in [-0.25, -0.2) is 4.98 Å². The van der Waals surface area contributed by atoms with Gasteiger partial charge in [0.05, 0.1) is 10.7 Å². The van der Waals surface area contributed by atoms with Crippen LogP contribution in [0.4, 0.5) is 0 Å². The van der Waals surface area contributed by atoms with Crippen molar-refractivity contribution in [3.63, 3.8) is 0 Å². The van der Waals surface area contributed by atoms with Gasteiger partial charge < -0.3 is 10.2 Å². The normalized spacial score (nSPS) is 11.1. The Morgan fingerprint density at radius 2 is 2.00 bits per heavy atom. The van der Waals surface area contributed by atoms with E-state index in [2.05, 4.69) is 70.7 Å². The Hall–Kier alpha value is -1.15. The number of aromatic nitrogens is 1. The van der Waals surface area contributed by atoms with Crippen LogP contribution in [0.2, 0.25) is 0 Å². The van der Waals surface area contributed by atoms with Crippen LogP contribution in [0, 0.1) is 6.92 Å². The molecule has 0 aliphatic rings. The Morgan fingerprint density at radius 3 is 2.58 bits per heavy atom. The smallest absolute Gasteiger partial charge is 0.193 e. The van der Waals surface area contributed by atoms with Gasteiger partial charge in [0.25, 0.3) is 0 Å². The van der Waals surface area contributed by atoms with Crippen LogP contribution in [0.1, 0.15) is 28.8 Å². The fourth-order valence-electron chi connectivity index (χ4n) is 2.36. The zero-order valence-electron chi connectivity index (χ0n) is 14.9. The second-order valence-electron chi connectivity index (χ2n) is 5.65. The monoisotopic (exact) mass is 458 g/mol. The van der Waals surface area contributed by atoms with Crippen LogP contribution in [-0.4, -0.2) is 36.5 Å². The van der Waals surface area contributed by atoms with Gasteiger partial charge in [0.2, 0.25) is 0 Å². The topological polar surface area (TPSA) is 40.5 Å². The van der Waals surface area contributed by atoms with Gasteiger partial charge in [-0.15, -0.1) is 35.3 Å². The maximum atomic E-state index is 4.60. The van der Waals surface area contributed by atoms with Crippen LogP contribution < -0.4 is 5.32 Å². The Bertz CT molecular complexity index is 637. The summed E-state index contributed by atoms with van der Waals surface area (Å²) < 4.78 is 0. The van der Waals surface area contributed by atoms with Crippen molar-refractivity contribution in [3.8, 4) is 0 Å². The van der Waals surface area contributed by atoms with Crippen LogP contribution in [0.5, 0.6) is 0 Å². The van der Waals surface area contributed by atoms with Gasteiger partial charge in [-0.1, -0.05) is 36.8 Å². The highest BCUT2D eigenvalue weighted by Crippen LogP contribution is 2.10. The summed E-state index contributed by atoms with van der Waals surface area (Å²) in [5.41, 5.74) is 3.73. The van der Waals surface area contributed by atoms with Gasteiger partial charge >= 0.3 is 0 Å². The molecule has 24 heavy (non-hydrogen) atoms.